The van der Waals surface area contributed by atoms with Crippen LogP contribution in [0.2, 0.25) is 0 Å². The smallest absolute Gasteiger partial charge is 0.324 e. The van der Waals surface area contributed by atoms with Crippen LogP contribution in [-0.4, -0.2) is 37.9 Å². The number of esters is 2. The highest BCUT2D eigenvalue weighted by molar-refractivity contribution is 6.03. The van der Waals surface area contributed by atoms with Gasteiger partial charge in [-0.3, -0.25) is 9.59 Å². The fraction of sp³-hybridized carbons (Fsp3) is 0.478. The Morgan fingerprint density at radius 3 is 2.18 bits per heavy atom. The zero-order valence-corrected chi connectivity index (χ0v) is 16.8. The quantitative estimate of drug-likeness (QED) is 0.524. The van der Waals surface area contributed by atoms with E-state index in [1.165, 1.54) is 0 Å². The highest BCUT2D eigenvalue weighted by Gasteiger charge is 2.54. The molecule has 0 amide bonds. The number of hydrogen-bond donors (Lipinski definition) is 0. The first kappa shape index (κ1) is 20.3. The minimum Gasteiger partial charge on any atom is -0.465 e. The van der Waals surface area contributed by atoms with E-state index in [9.17, 15) is 9.59 Å². The van der Waals surface area contributed by atoms with Gasteiger partial charge >= 0.3 is 11.9 Å². The Bertz CT molecular complexity index is 772. The van der Waals surface area contributed by atoms with Gasteiger partial charge in [-0.15, -0.1) is 0 Å². The molecule has 5 heteroatoms. The molecule has 28 heavy (non-hydrogen) atoms. The summed E-state index contributed by atoms with van der Waals surface area (Å²) in [5, 5.41) is 0. The van der Waals surface area contributed by atoms with Crippen molar-refractivity contribution < 1.29 is 23.8 Å². The summed E-state index contributed by atoms with van der Waals surface area (Å²) in [6.07, 6.45) is 3.36. The van der Waals surface area contributed by atoms with E-state index in [2.05, 4.69) is 6.08 Å². The molecule has 1 unspecified atom stereocenters. The topological polar surface area (TPSA) is 61.8 Å². The molecule has 0 heterocycles. The Balaban J connectivity index is 2.01. The Hall–Kier alpha value is -2.40. The molecule has 0 aliphatic heterocycles. The van der Waals surface area contributed by atoms with Crippen LogP contribution in [0.4, 0.5) is 0 Å². The van der Waals surface area contributed by atoms with Gasteiger partial charge in [0, 0.05) is 13.0 Å². The minimum absolute atomic E-state index is 0.0702. The molecule has 1 atom stereocenters. The van der Waals surface area contributed by atoms with E-state index in [1.807, 2.05) is 37.3 Å². The molecule has 0 fully saturated rings. The zero-order valence-electron chi connectivity index (χ0n) is 16.8. The maximum Gasteiger partial charge on any atom is 0.324 e. The maximum absolute atomic E-state index is 12.9. The Morgan fingerprint density at radius 2 is 1.61 bits per heavy atom. The second kappa shape index (κ2) is 8.74. The summed E-state index contributed by atoms with van der Waals surface area (Å²) < 4.78 is 16.5. The van der Waals surface area contributed by atoms with Crippen molar-refractivity contribution in [3.8, 4) is 0 Å². The van der Waals surface area contributed by atoms with Crippen LogP contribution in [0.5, 0.6) is 0 Å². The second-order valence-corrected chi connectivity index (χ2v) is 7.10. The zero-order chi connectivity index (χ0) is 20.1. The van der Waals surface area contributed by atoms with Gasteiger partial charge in [-0.2, -0.15) is 0 Å². The number of benzene rings is 1. The lowest BCUT2D eigenvalue weighted by Gasteiger charge is -2.25. The van der Waals surface area contributed by atoms with Gasteiger partial charge < -0.3 is 14.2 Å². The lowest BCUT2D eigenvalue weighted by atomic mass is 9.82. The number of hydrogen-bond acceptors (Lipinski definition) is 5. The molecule has 3 rings (SSSR count). The maximum atomic E-state index is 12.9. The summed E-state index contributed by atoms with van der Waals surface area (Å²) in [6.45, 7) is 6.53. The van der Waals surface area contributed by atoms with Gasteiger partial charge in [-0.05, 0) is 56.4 Å². The third kappa shape index (κ3) is 3.76. The normalized spacial score (nSPS) is 20.4. The van der Waals surface area contributed by atoms with Gasteiger partial charge in [0.2, 0.25) is 0 Å². The fourth-order valence-electron chi connectivity index (χ4n) is 4.15. The van der Waals surface area contributed by atoms with Crippen LogP contribution >= 0.6 is 0 Å². The molecule has 0 radical (unpaired) electrons. The van der Waals surface area contributed by atoms with Gasteiger partial charge in [0.1, 0.15) is 0 Å². The van der Waals surface area contributed by atoms with Crippen LogP contribution in [0.3, 0.4) is 0 Å². The Morgan fingerprint density at radius 1 is 0.964 bits per heavy atom. The molecule has 5 nitrogen and oxygen atoms in total. The van der Waals surface area contributed by atoms with Crippen molar-refractivity contribution in [2.75, 3.05) is 19.8 Å². The second-order valence-electron chi connectivity index (χ2n) is 7.10. The molecule has 0 saturated heterocycles. The summed E-state index contributed by atoms with van der Waals surface area (Å²) in [6, 6.07) is 10.0. The standard InChI is InChI=1S/C23H28O5/c1-4-26-18-12-17-14-23(21(24)27-5-2,22(25)28-6-3)15-20(17)19(13-18)16-10-8-7-9-11-16/h7-11,13,18H,4-6,12,14-15H2,1-3H3. The van der Waals surface area contributed by atoms with Gasteiger partial charge in [0.15, 0.2) is 5.41 Å². The molecule has 0 spiro atoms. The molecule has 0 N–H and O–H groups in total. The number of carbonyl (C=O) groups is 2. The molecule has 0 aromatic heterocycles. The van der Waals surface area contributed by atoms with Gasteiger partial charge in [0.25, 0.3) is 0 Å². The highest BCUT2D eigenvalue weighted by atomic mass is 16.6. The monoisotopic (exact) mass is 384 g/mol. The molecule has 1 aromatic carbocycles. The molecule has 0 saturated carbocycles. The summed E-state index contributed by atoms with van der Waals surface area (Å²) in [7, 11) is 0. The fourth-order valence-corrected chi connectivity index (χ4v) is 4.15. The van der Waals surface area contributed by atoms with Gasteiger partial charge in [-0.25, -0.2) is 0 Å². The number of ether oxygens (including phenoxy) is 3. The first-order valence-electron chi connectivity index (χ1n) is 10.00. The van der Waals surface area contributed by atoms with E-state index in [0.29, 0.717) is 25.9 Å². The molecular formula is C23H28O5. The van der Waals surface area contributed by atoms with Gasteiger partial charge in [-0.1, -0.05) is 35.9 Å². The summed E-state index contributed by atoms with van der Waals surface area (Å²) in [4.78, 5) is 25.8. The number of allylic oxidation sites excluding steroid dienone is 2. The van der Waals surface area contributed by atoms with Crippen molar-refractivity contribution in [3.63, 3.8) is 0 Å². The predicted octanol–water partition coefficient (Wildman–Crippen LogP) is 4.08. The molecular weight excluding hydrogens is 356 g/mol. The van der Waals surface area contributed by atoms with Crippen molar-refractivity contribution in [2.24, 2.45) is 5.41 Å². The predicted molar refractivity (Wildman–Crippen MR) is 106 cm³/mol. The average Bonchev–Trinajstić information content (AvgIpc) is 3.10. The van der Waals surface area contributed by atoms with Crippen LogP contribution < -0.4 is 0 Å². The summed E-state index contributed by atoms with van der Waals surface area (Å²) >= 11 is 0. The average molecular weight is 384 g/mol. The van der Waals surface area contributed by atoms with E-state index >= 15 is 0 Å². The van der Waals surface area contributed by atoms with Crippen molar-refractivity contribution >= 4 is 17.5 Å². The van der Waals surface area contributed by atoms with Crippen molar-refractivity contribution in [1.29, 1.82) is 0 Å². The van der Waals surface area contributed by atoms with Crippen LogP contribution in [0.1, 0.15) is 45.6 Å². The SMILES string of the molecule is CCOC(=O)C1(C(=O)OCC)CC2=C(C1)C(c1ccccc1)=CC(OCC)C2. The van der Waals surface area contributed by atoms with Crippen LogP contribution in [-0.2, 0) is 23.8 Å². The highest BCUT2D eigenvalue weighted by Crippen LogP contribution is 2.52. The van der Waals surface area contributed by atoms with Crippen LogP contribution in [0, 0.1) is 5.41 Å². The minimum atomic E-state index is -1.30. The van der Waals surface area contributed by atoms with Gasteiger partial charge in [0.05, 0.1) is 19.3 Å². The lowest BCUT2D eigenvalue weighted by Crippen LogP contribution is -2.40. The van der Waals surface area contributed by atoms with Crippen LogP contribution in [0.15, 0.2) is 47.6 Å². The summed E-state index contributed by atoms with van der Waals surface area (Å²) in [5.74, 6) is -0.994. The van der Waals surface area contributed by atoms with E-state index in [-0.39, 0.29) is 19.3 Å². The molecule has 2 aliphatic rings. The Labute approximate surface area is 166 Å². The Kier molecular flexibility index (Phi) is 6.35. The molecule has 150 valence electrons. The largest absolute Gasteiger partial charge is 0.465 e. The van der Waals surface area contributed by atoms with Crippen molar-refractivity contribution in [3.05, 3.63) is 53.1 Å². The molecule has 0 bridgehead atoms. The van der Waals surface area contributed by atoms with E-state index in [4.69, 9.17) is 14.2 Å². The van der Waals surface area contributed by atoms with Crippen molar-refractivity contribution in [2.45, 2.75) is 46.1 Å². The number of carbonyl (C=O) groups excluding carboxylic acids is 2. The van der Waals surface area contributed by atoms with E-state index in [1.54, 1.807) is 13.8 Å². The van der Waals surface area contributed by atoms with Crippen LogP contribution in [0.25, 0.3) is 5.57 Å². The molecule has 1 aromatic rings. The third-order valence-electron chi connectivity index (χ3n) is 5.34. The third-order valence-corrected chi connectivity index (χ3v) is 5.34. The van der Waals surface area contributed by atoms with E-state index < -0.39 is 17.4 Å². The lowest BCUT2D eigenvalue weighted by molar-refractivity contribution is -0.171. The summed E-state index contributed by atoms with van der Waals surface area (Å²) in [5.41, 5.74) is 2.92. The first-order chi connectivity index (χ1) is 13.6. The molecule has 2 aliphatic carbocycles. The van der Waals surface area contributed by atoms with E-state index in [0.717, 1.165) is 22.3 Å². The van der Waals surface area contributed by atoms with Crippen molar-refractivity contribution in [1.82, 2.24) is 0 Å². The number of rotatable bonds is 7. The first-order valence-corrected chi connectivity index (χ1v) is 10.00.